The first-order chi connectivity index (χ1) is 10.1. The highest BCUT2D eigenvalue weighted by Gasteiger charge is 2.11. The van der Waals surface area contributed by atoms with E-state index in [-0.39, 0.29) is 5.56 Å². The Balaban J connectivity index is 2.18. The number of aromatic carboxylic acids is 1. The lowest BCUT2D eigenvalue weighted by Gasteiger charge is -2.07. The molecule has 0 unspecified atom stereocenters. The zero-order valence-corrected chi connectivity index (χ0v) is 12.2. The Bertz CT molecular complexity index is 909. The molecule has 3 rings (SSSR count). The summed E-state index contributed by atoms with van der Waals surface area (Å²) >= 11 is 3.44. The van der Waals surface area contributed by atoms with Crippen molar-refractivity contribution >= 4 is 32.9 Å². The summed E-state index contributed by atoms with van der Waals surface area (Å²) in [4.78, 5) is 15.2. The van der Waals surface area contributed by atoms with Gasteiger partial charge in [0.25, 0.3) is 0 Å². The van der Waals surface area contributed by atoms with Crippen LogP contribution in [0.15, 0.2) is 47.2 Å². The van der Waals surface area contributed by atoms with Crippen LogP contribution in [0.25, 0.3) is 16.7 Å². The molecule has 5 nitrogen and oxygen atoms in total. The zero-order valence-electron chi connectivity index (χ0n) is 10.6. The summed E-state index contributed by atoms with van der Waals surface area (Å²) in [5, 5.41) is 17.9. The van der Waals surface area contributed by atoms with Crippen molar-refractivity contribution in [3.63, 3.8) is 0 Å². The van der Waals surface area contributed by atoms with E-state index in [4.69, 9.17) is 10.4 Å². The van der Waals surface area contributed by atoms with E-state index in [0.717, 1.165) is 15.7 Å². The van der Waals surface area contributed by atoms with E-state index in [1.165, 1.54) is 6.07 Å². The van der Waals surface area contributed by atoms with Crippen LogP contribution in [0, 0.1) is 11.3 Å². The number of benzene rings is 2. The molecule has 2 aromatic carbocycles. The molecule has 0 aliphatic rings. The molecule has 1 aromatic heterocycles. The van der Waals surface area contributed by atoms with E-state index < -0.39 is 5.97 Å². The minimum atomic E-state index is -0.981. The minimum absolute atomic E-state index is 0.201. The Morgan fingerprint density at radius 1 is 1.29 bits per heavy atom. The average molecular weight is 342 g/mol. The maximum absolute atomic E-state index is 11.0. The van der Waals surface area contributed by atoms with Gasteiger partial charge < -0.3 is 5.11 Å². The average Bonchev–Trinajstić information content (AvgIpc) is 2.89. The van der Waals surface area contributed by atoms with E-state index in [9.17, 15) is 4.79 Å². The predicted octanol–water partition coefficient (Wildman–Crippen LogP) is 3.36. The molecule has 21 heavy (non-hydrogen) atoms. The molecule has 0 amide bonds. The lowest BCUT2D eigenvalue weighted by atomic mass is 10.2. The molecule has 0 radical (unpaired) electrons. The Kier molecular flexibility index (Phi) is 3.20. The quantitative estimate of drug-likeness (QED) is 0.775. The fraction of sp³-hybridized carbons (Fsp3) is 0. The largest absolute Gasteiger partial charge is 0.478 e. The number of carboxylic acids is 1. The van der Waals surface area contributed by atoms with Crippen LogP contribution < -0.4 is 0 Å². The number of carbonyl (C=O) groups is 1. The SMILES string of the molecule is N#Cc1ccc(-n2cnc3cc(C(=O)O)ccc32)c(Br)c1. The van der Waals surface area contributed by atoms with Crippen LogP contribution in [0.3, 0.4) is 0 Å². The van der Waals surface area contributed by atoms with E-state index in [1.807, 2.05) is 10.6 Å². The highest BCUT2D eigenvalue weighted by molar-refractivity contribution is 9.10. The van der Waals surface area contributed by atoms with E-state index in [2.05, 4.69) is 27.0 Å². The predicted molar refractivity (Wildman–Crippen MR) is 80.4 cm³/mol. The van der Waals surface area contributed by atoms with Gasteiger partial charge in [0.15, 0.2) is 0 Å². The van der Waals surface area contributed by atoms with Crippen molar-refractivity contribution in [3.8, 4) is 11.8 Å². The number of fused-ring (bicyclic) bond motifs is 1. The monoisotopic (exact) mass is 341 g/mol. The number of imidazole rings is 1. The molecular formula is C15H8BrN3O2. The standard InChI is InChI=1S/C15H8BrN3O2/c16-11-5-9(7-17)1-3-13(11)19-8-18-12-6-10(15(20)21)2-4-14(12)19/h1-6,8H,(H,20,21). The van der Waals surface area contributed by atoms with Gasteiger partial charge in [-0.3, -0.25) is 4.57 Å². The first-order valence-corrected chi connectivity index (χ1v) is 6.80. The van der Waals surface area contributed by atoms with Crippen molar-refractivity contribution in [2.75, 3.05) is 0 Å². The number of carboxylic acid groups (broad SMARTS) is 1. The van der Waals surface area contributed by atoms with Gasteiger partial charge in [0.2, 0.25) is 0 Å². The number of rotatable bonds is 2. The Hall–Kier alpha value is -2.65. The minimum Gasteiger partial charge on any atom is -0.478 e. The summed E-state index contributed by atoms with van der Waals surface area (Å²) in [6, 6.07) is 12.1. The summed E-state index contributed by atoms with van der Waals surface area (Å²) < 4.78 is 2.61. The number of hydrogen-bond donors (Lipinski definition) is 1. The van der Waals surface area contributed by atoms with Crippen LogP contribution >= 0.6 is 15.9 Å². The molecule has 0 aliphatic carbocycles. The summed E-state index contributed by atoms with van der Waals surface area (Å²) in [5.41, 5.74) is 2.99. The normalized spacial score (nSPS) is 10.5. The second-order valence-corrected chi connectivity index (χ2v) is 5.26. The number of aromatic nitrogens is 2. The van der Waals surface area contributed by atoms with Gasteiger partial charge in [0.1, 0.15) is 6.33 Å². The molecule has 0 bridgehead atoms. The van der Waals surface area contributed by atoms with Gasteiger partial charge in [0, 0.05) is 4.47 Å². The zero-order chi connectivity index (χ0) is 15.0. The smallest absolute Gasteiger partial charge is 0.335 e. The van der Waals surface area contributed by atoms with Crippen LogP contribution in [-0.2, 0) is 0 Å². The topological polar surface area (TPSA) is 78.9 Å². The molecule has 0 atom stereocenters. The third-order valence-corrected chi connectivity index (χ3v) is 3.77. The molecular weight excluding hydrogens is 334 g/mol. The first-order valence-electron chi connectivity index (χ1n) is 6.00. The molecule has 6 heteroatoms. The fourth-order valence-corrected chi connectivity index (χ4v) is 2.68. The van der Waals surface area contributed by atoms with Gasteiger partial charge in [-0.2, -0.15) is 5.26 Å². The summed E-state index contributed by atoms with van der Waals surface area (Å²) in [6.45, 7) is 0. The molecule has 0 fully saturated rings. The molecule has 1 heterocycles. The number of nitrogens with zero attached hydrogens (tertiary/aromatic N) is 3. The molecule has 0 saturated carbocycles. The lowest BCUT2D eigenvalue weighted by Crippen LogP contribution is -1.97. The molecule has 0 spiro atoms. The molecule has 0 aliphatic heterocycles. The second kappa shape index (κ2) is 5.04. The van der Waals surface area contributed by atoms with Crippen LogP contribution in [0.2, 0.25) is 0 Å². The number of halogens is 1. The van der Waals surface area contributed by atoms with E-state index in [1.54, 1.807) is 30.6 Å². The van der Waals surface area contributed by atoms with Crippen molar-refractivity contribution in [3.05, 3.63) is 58.3 Å². The molecule has 102 valence electrons. The highest BCUT2D eigenvalue weighted by Crippen LogP contribution is 2.26. The first kappa shape index (κ1) is 13.3. The van der Waals surface area contributed by atoms with Gasteiger partial charge >= 0.3 is 5.97 Å². The van der Waals surface area contributed by atoms with E-state index in [0.29, 0.717) is 11.1 Å². The van der Waals surface area contributed by atoms with Gasteiger partial charge in [-0.15, -0.1) is 0 Å². The summed E-state index contributed by atoms with van der Waals surface area (Å²) in [5.74, 6) is -0.981. The van der Waals surface area contributed by atoms with Gasteiger partial charge in [-0.25, -0.2) is 9.78 Å². The van der Waals surface area contributed by atoms with Crippen molar-refractivity contribution in [1.82, 2.24) is 9.55 Å². The van der Waals surface area contributed by atoms with Crippen molar-refractivity contribution in [2.24, 2.45) is 0 Å². The highest BCUT2D eigenvalue weighted by atomic mass is 79.9. The second-order valence-electron chi connectivity index (χ2n) is 4.40. The van der Waals surface area contributed by atoms with Crippen LogP contribution in [0.4, 0.5) is 0 Å². The van der Waals surface area contributed by atoms with Crippen LogP contribution in [0.5, 0.6) is 0 Å². The van der Waals surface area contributed by atoms with Crippen LogP contribution in [0.1, 0.15) is 15.9 Å². The lowest BCUT2D eigenvalue weighted by molar-refractivity contribution is 0.0697. The van der Waals surface area contributed by atoms with Crippen molar-refractivity contribution in [1.29, 1.82) is 5.26 Å². The summed E-state index contributed by atoms with van der Waals surface area (Å²) in [6.07, 6.45) is 1.63. The van der Waals surface area contributed by atoms with Gasteiger partial charge in [0.05, 0.1) is 33.9 Å². The van der Waals surface area contributed by atoms with Crippen molar-refractivity contribution < 1.29 is 9.90 Å². The van der Waals surface area contributed by atoms with Crippen molar-refractivity contribution in [2.45, 2.75) is 0 Å². The number of nitriles is 1. The maximum atomic E-state index is 11.0. The third kappa shape index (κ3) is 2.28. The van der Waals surface area contributed by atoms with Gasteiger partial charge in [-0.1, -0.05) is 0 Å². The Morgan fingerprint density at radius 2 is 2.10 bits per heavy atom. The fourth-order valence-electron chi connectivity index (χ4n) is 2.11. The van der Waals surface area contributed by atoms with Crippen LogP contribution in [-0.4, -0.2) is 20.6 Å². The maximum Gasteiger partial charge on any atom is 0.335 e. The summed E-state index contributed by atoms with van der Waals surface area (Å²) in [7, 11) is 0. The molecule has 3 aromatic rings. The Labute approximate surface area is 128 Å². The number of hydrogen-bond acceptors (Lipinski definition) is 3. The molecule has 0 saturated heterocycles. The third-order valence-electron chi connectivity index (χ3n) is 3.13. The Morgan fingerprint density at radius 3 is 2.76 bits per heavy atom. The molecule has 1 N–H and O–H groups in total. The van der Waals surface area contributed by atoms with Gasteiger partial charge in [-0.05, 0) is 52.3 Å². The van der Waals surface area contributed by atoms with E-state index >= 15 is 0 Å².